The van der Waals surface area contributed by atoms with Crippen molar-refractivity contribution in [1.29, 1.82) is 0 Å². The van der Waals surface area contributed by atoms with Crippen molar-refractivity contribution >= 4 is 17.6 Å². The molecule has 2 N–H and O–H groups in total. The van der Waals surface area contributed by atoms with Crippen LogP contribution >= 0.6 is 0 Å². The summed E-state index contributed by atoms with van der Waals surface area (Å²) in [6.45, 7) is 0. The number of non-ortho nitro benzene ring substituents is 1. The Morgan fingerprint density at radius 2 is 2.09 bits per heavy atom. The van der Waals surface area contributed by atoms with E-state index in [-0.39, 0.29) is 17.7 Å². The van der Waals surface area contributed by atoms with Gasteiger partial charge in [-0.15, -0.1) is 0 Å². The number of hydrogen-bond donors (Lipinski definition) is 2. The van der Waals surface area contributed by atoms with Crippen LogP contribution in [0.5, 0.6) is 0 Å². The molecule has 1 unspecified atom stereocenters. The minimum absolute atomic E-state index is 0.0659. The summed E-state index contributed by atoms with van der Waals surface area (Å²) in [5, 5.41) is 22.1. The molecule has 1 amide bonds. The Bertz CT molecular complexity index is 695. The van der Waals surface area contributed by atoms with Gasteiger partial charge in [0, 0.05) is 17.7 Å². The largest absolute Gasteiger partial charge is 0.481 e. The highest BCUT2D eigenvalue weighted by atomic mass is 16.6. The number of carbonyl (C=O) groups is 2. The van der Waals surface area contributed by atoms with Gasteiger partial charge < -0.3 is 14.8 Å². The third-order valence-corrected chi connectivity index (χ3v) is 2.89. The highest BCUT2D eigenvalue weighted by Crippen LogP contribution is 2.19. The molecule has 1 aromatic heterocycles. The smallest absolute Gasteiger partial charge is 0.305 e. The van der Waals surface area contributed by atoms with Crippen LogP contribution in [-0.2, 0) is 4.79 Å². The van der Waals surface area contributed by atoms with Crippen molar-refractivity contribution in [2.75, 3.05) is 0 Å². The van der Waals surface area contributed by atoms with Gasteiger partial charge in [0.15, 0.2) is 0 Å². The average Bonchev–Trinajstić information content (AvgIpc) is 3.00. The van der Waals surface area contributed by atoms with Gasteiger partial charge in [-0.1, -0.05) is 6.07 Å². The third kappa shape index (κ3) is 3.69. The zero-order valence-electron chi connectivity index (χ0n) is 11.3. The number of amides is 1. The first-order chi connectivity index (χ1) is 10.5. The molecule has 2 aromatic rings. The molecule has 0 aliphatic carbocycles. The van der Waals surface area contributed by atoms with E-state index in [0.717, 1.165) is 6.07 Å². The van der Waals surface area contributed by atoms with Gasteiger partial charge in [0.2, 0.25) is 0 Å². The normalized spacial score (nSPS) is 11.6. The lowest BCUT2D eigenvalue weighted by Crippen LogP contribution is -2.30. The average molecular weight is 304 g/mol. The molecule has 1 aromatic carbocycles. The number of nitro benzene ring substituents is 1. The molecule has 2 rings (SSSR count). The fraction of sp³-hybridized carbons (Fsp3) is 0.143. The van der Waals surface area contributed by atoms with Gasteiger partial charge in [-0.3, -0.25) is 19.7 Å². The number of furan rings is 1. The first-order valence-corrected chi connectivity index (χ1v) is 6.28. The SMILES string of the molecule is O=C(O)CC(NC(=O)c1cccc([N+](=O)[O-])c1)c1ccco1. The Morgan fingerprint density at radius 1 is 1.32 bits per heavy atom. The van der Waals surface area contributed by atoms with Crippen LogP contribution in [0.1, 0.15) is 28.6 Å². The van der Waals surface area contributed by atoms with Gasteiger partial charge in [0.1, 0.15) is 5.76 Å². The number of nitro groups is 1. The maximum absolute atomic E-state index is 12.1. The Balaban J connectivity index is 2.19. The number of hydrogen-bond acceptors (Lipinski definition) is 5. The molecule has 22 heavy (non-hydrogen) atoms. The van der Waals surface area contributed by atoms with Crippen LogP contribution in [0.15, 0.2) is 47.1 Å². The summed E-state index contributed by atoms with van der Waals surface area (Å²) in [6.07, 6.45) is 0.998. The van der Waals surface area contributed by atoms with Gasteiger partial charge in [-0.25, -0.2) is 0 Å². The molecule has 0 aliphatic rings. The zero-order chi connectivity index (χ0) is 16.1. The van der Waals surface area contributed by atoms with Crippen molar-refractivity contribution in [3.63, 3.8) is 0 Å². The Labute approximate surface area is 124 Å². The number of carboxylic acids is 1. The van der Waals surface area contributed by atoms with E-state index in [1.807, 2.05) is 0 Å². The predicted octanol–water partition coefficient (Wildman–Crippen LogP) is 2.13. The maximum Gasteiger partial charge on any atom is 0.305 e. The van der Waals surface area contributed by atoms with E-state index in [2.05, 4.69) is 5.32 Å². The molecule has 1 atom stereocenters. The second-order valence-electron chi connectivity index (χ2n) is 4.45. The van der Waals surface area contributed by atoms with Crippen LogP contribution in [0.2, 0.25) is 0 Å². The van der Waals surface area contributed by atoms with Gasteiger partial charge in [0.05, 0.1) is 23.6 Å². The number of rotatable bonds is 6. The van der Waals surface area contributed by atoms with Crippen LogP contribution < -0.4 is 5.32 Å². The topological polar surface area (TPSA) is 123 Å². The molecule has 114 valence electrons. The fourth-order valence-electron chi connectivity index (χ4n) is 1.89. The summed E-state index contributed by atoms with van der Waals surface area (Å²) in [7, 11) is 0. The lowest BCUT2D eigenvalue weighted by Gasteiger charge is -2.14. The summed E-state index contributed by atoms with van der Waals surface area (Å²) >= 11 is 0. The van der Waals surface area contributed by atoms with Crippen molar-refractivity contribution in [1.82, 2.24) is 5.32 Å². The fourth-order valence-corrected chi connectivity index (χ4v) is 1.89. The molecule has 0 saturated carbocycles. The molecule has 0 spiro atoms. The molecular formula is C14H12N2O6. The summed E-state index contributed by atoms with van der Waals surface area (Å²) in [5.41, 5.74) is -0.156. The summed E-state index contributed by atoms with van der Waals surface area (Å²) in [6, 6.07) is 7.42. The summed E-state index contributed by atoms with van der Waals surface area (Å²) < 4.78 is 5.11. The van der Waals surface area contributed by atoms with Gasteiger partial charge in [-0.05, 0) is 18.2 Å². The van der Waals surface area contributed by atoms with Gasteiger partial charge in [-0.2, -0.15) is 0 Å². The number of nitrogens with zero attached hydrogens (tertiary/aromatic N) is 1. The monoisotopic (exact) mass is 304 g/mol. The first kappa shape index (κ1) is 15.2. The van der Waals surface area contributed by atoms with Crippen LogP contribution in [0.4, 0.5) is 5.69 Å². The van der Waals surface area contributed by atoms with Crippen molar-refractivity contribution in [2.45, 2.75) is 12.5 Å². The predicted molar refractivity (Wildman–Crippen MR) is 74.3 cm³/mol. The standard InChI is InChI=1S/C14H12N2O6/c17-13(18)8-11(12-5-2-6-22-12)15-14(19)9-3-1-4-10(7-9)16(20)21/h1-7,11H,8H2,(H,15,19)(H,17,18). The van der Waals surface area contributed by atoms with Crippen LogP contribution in [-0.4, -0.2) is 21.9 Å². The number of carbonyl (C=O) groups excluding carboxylic acids is 1. The summed E-state index contributed by atoms with van der Waals surface area (Å²) in [5.74, 6) is -1.44. The minimum Gasteiger partial charge on any atom is -0.481 e. The lowest BCUT2D eigenvalue weighted by molar-refractivity contribution is -0.384. The molecule has 0 fully saturated rings. The van der Waals surface area contributed by atoms with E-state index >= 15 is 0 Å². The first-order valence-electron chi connectivity index (χ1n) is 6.28. The maximum atomic E-state index is 12.1. The van der Waals surface area contributed by atoms with Crippen molar-refractivity contribution in [3.05, 3.63) is 64.1 Å². The molecule has 8 nitrogen and oxygen atoms in total. The van der Waals surface area contributed by atoms with Crippen molar-refractivity contribution in [2.24, 2.45) is 0 Å². The second kappa shape index (κ2) is 6.53. The van der Waals surface area contributed by atoms with Crippen LogP contribution in [0.3, 0.4) is 0 Å². The van der Waals surface area contributed by atoms with Crippen LogP contribution in [0, 0.1) is 10.1 Å². The van der Waals surface area contributed by atoms with E-state index in [0.29, 0.717) is 5.76 Å². The number of benzene rings is 1. The Hall–Kier alpha value is -3.16. The van der Waals surface area contributed by atoms with E-state index in [1.54, 1.807) is 12.1 Å². The molecule has 0 aliphatic heterocycles. The minimum atomic E-state index is -1.11. The highest BCUT2D eigenvalue weighted by molar-refractivity contribution is 5.95. The molecule has 0 bridgehead atoms. The molecule has 1 heterocycles. The van der Waals surface area contributed by atoms with Crippen molar-refractivity contribution < 1.29 is 24.0 Å². The molecule has 8 heteroatoms. The number of nitrogens with one attached hydrogen (secondary N) is 1. The molecule has 0 saturated heterocycles. The third-order valence-electron chi connectivity index (χ3n) is 2.89. The van der Waals surface area contributed by atoms with E-state index in [1.165, 1.54) is 24.5 Å². The molecule has 0 radical (unpaired) electrons. The second-order valence-corrected chi connectivity index (χ2v) is 4.45. The lowest BCUT2D eigenvalue weighted by atomic mass is 10.1. The summed E-state index contributed by atoms with van der Waals surface area (Å²) in [4.78, 5) is 33.1. The van der Waals surface area contributed by atoms with Gasteiger partial charge in [0.25, 0.3) is 11.6 Å². The van der Waals surface area contributed by atoms with Crippen LogP contribution in [0.25, 0.3) is 0 Å². The Morgan fingerprint density at radius 3 is 2.68 bits per heavy atom. The zero-order valence-corrected chi connectivity index (χ0v) is 11.3. The van der Waals surface area contributed by atoms with E-state index < -0.39 is 22.8 Å². The molecular weight excluding hydrogens is 292 g/mol. The van der Waals surface area contributed by atoms with Crippen molar-refractivity contribution in [3.8, 4) is 0 Å². The van der Waals surface area contributed by atoms with E-state index in [4.69, 9.17) is 9.52 Å². The number of aliphatic carboxylic acids is 1. The number of carboxylic acid groups (broad SMARTS) is 1. The quantitative estimate of drug-likeness (QED) is 0.622. The Kier molecular flexibility index (Phi) is 4.52. The highest BCUT2D eigenvalue weighted by Gasteiger charge is 2.22. The van der Waals surface area contributed by atoms with E-state index in [9.17, 15) is 19.7 Å². The van der Waals surface area contributed by atoms with Gasteiger partial charge >= 0.3 is 5.97 Å².